The molecule has 11 heavy (non-hydrogen) atoms. The number of hydrogen-bond donors (Lipinski definition) is 1. The third kappa shape index (κ3) is 2.23. The Labute approximate surface area is 67.7 Å². The van der Waals surface area contributed by atoms with E-state index in [9.17, 15) is 9.18 Å². The number of nitrogens with zero attached hydrogens (tertiary/aromatic N) is 1. The van der Waals surface area contributed by atoms with Crippen molar-refractivity contribution in [3.63, 3.8) is 0 Å². The van der Waals surface area contributed by atoms with E-state index in [-0.39, 0.29) is 0 Å². The van der Waals surface area contributed by atoms with E-state index >= 15 is 0 Å². The number of aromatic nitrogens is 1. The highest BCUT2D eigenvalue weighted by Gasteiger charge is 2.11. The minimum absolute atomic E-state index is 0.872. The van der Waals surface area contributed by atoms with Crippen LogP contribution in [-0.2, 0) is 4.79 Å². The SMILES string of the molecule is O=C(Nn1cccc1)C(F)Cl. The molecule has 1 heterocycles. The third-order valence-corrected chi connectivity index (χ3v) is 1.24. The van der Waals surface area contributed by atoms with E-state index in [1.54, 1.807) is 24.5 Å². The second kappa shape index (κ2) is 3.39. The van der Waals surface area contributed by atoms with Crippen molar-refractivity contribution in [1.29, 1.82) is 0 Å². The molecule has 1 aromatic rings. The van der Waals surface area contributed by atoms with E-state index in [1.807, 2.05) is 0 Å². The Balaban J connectivity index is 2.50. The molecule has 0 radical (unpaired) electrons. The van der Waals surface area contributed by atoms with Gasteiger partial charge in [-0.1, -0.05) is 11.6 Å². The average Bonchev–Trinajstić information content (AvgIpc) is 2.39. The molecule has 1 unspecified atom stereocenters. The number of carbonyl (C=O) groups excluding carboxylic acids is 1. The van der Waals surface area contributed by atoms with Crippen molar-refractivity contribution in [3.8, 4) is 0 Å². The molecule has 0 saturated carbocycles. The summed E-state index contributed by atoms with van der Waals surface area (Å²) in [5, 5.41) is 0. The van der Waals surface area contributed by atoms with Crippen LogP contribution in [0, 0.1) is 0 Å². The lowest BCUT2D eigenvalue weighted by atomic mass is 10.7. The molecule has 0 bridgehead atoms. The van der Waals surface area contributed by atoms with Crippen LogP contribution < -0.4 is 5.43 Å². The van der Waals surface area contributed by atoms with Gasteiger partial charge in [0.15, 0.2) is 0 Å². The maximum atomic E-state index is 12.0. The van der Waals surface area contributed by atoms with Gasteiger partial charge in [-0.25, -0.2) is 4.39 Å². The predicted octanol–water partition coefficient (Wildman–Crippen LogP) is 1.09. The highest BCUT2D eigenvalue weighted by Crippen LogP contribution is 1.97. The van der Waals surface area contributed by atoms with Crippen molar-refractivity contribution in [2.24, 2.45) is 0 Å². The molecule has 1 aromatic heterocycles. The molecule has 0 spiro atoms. The van der Waals surface area contributed by atoms with Crippen LogP contribution in [0.5, 0.6) is 0 Å². The number of amides is 1. The van der Waals surface area contributed by atoms with Crippen LogP contribution in [0.15, 0.2) is 24.5 Å². The molecule has 1 amide bonds. The first-order chi connectivity index (χ1) is 5.20. The van der Waals surface area contributed by atoms with E-state index in [0.29, 0.717) is 0 Å². The van der Waals surface area contributed by atoms with Crippen molar-refractivity contribution in [2.75, 3.05) is 5.43 Å². The Hall–Kier alpha value is -1.03. The quantitative estimate of drug-likeness (QED) is 0.673. The van der Waals surface area contributed by atoms with Crippen LogP contribution in [0.25, 0.3) is 0 Å². The Morgan fingerprint density at radius 2 is 2.09 bits per heavy atom. The fourth-order valence-electron chi connectivity index (χ4n) is 0.585. The minimum atomic E-state index is -2.00. The first-order valence-electron chi connectivity index (χ1n) is 2.92. The highest BCUT2D eigenvalue weighted by atomic mass is 35.5. The highest BCUT2D eigenvalue weighted by molar-refractivity contribution is 6.30. The second-order valence-electron chi connectivity index (χ2n) is 1.87. The Bertz CT molecular complexity index is 235. The van der Waals surface area contributed by atoms with Gasteiger partial charge in [-0.05, 0) is 12.1 Å². The molecule has 60 valence electrons. The first-order valence-corrected chi connectivity index (χ1v) is 3.36. The third-order valence-electron chi connectivity index (χ3n) is 1.04. The van der Waals surface area contributed by atoms with Gasteiger partial charge in [0.2, 0.25) is 0 Å². The number of rotatable bonds is 2. The molecule has 3 nitrogen and oxygen atoms in total. The molecule has 0 aliphatic heterocycles. The van der Waals surface area contributed by atoms with Crippen molar-refractivity contribution >= 4 is 17.5 Å². The fourth-order valence-corrected chi connectivity index (χ4v) is 0.634. The first kappa shape index (κ1) is 8.07. The molecule has 1 rings (SSSR count). The summed E-state index contributed by atoms with van der Waals surface area (Å²) in [4.78, 5) is 10.6. The lowest BCUT2D eigenvalue weighted by Gasteiger charge is -2.04. The van der Waals surface area contributed by atoms with Crippen LogP contribution in [-0.4, -0.2) is 16.2 Å². The van der Waals surface area contributed by atoms with E-state index < -0.39 is 11.5 Å². The topological polar surface area (TPSA) is 34.0 Å². The lowest BCUT2D eigenvalue weighted by Crippen LogP contribution is -2.26. The molecule has 5 heteroatoms. The normalized spacial score (nSPS) is 12.5. The molecule has 0 aliphatic rings. The number of hydrogen-bond acceptors (Lipinski definition) is 1. The Morgan fingerprint density at radius 1 is 1.55 bits per heavy atom. The van der Waals surface area contributed by atoms with Crippen LogP contribution >= 0.6 is 11.6 Å². The van der Waals surface area contributed by atoms with E-state index in [4.69, 9.17) is 11.6 Å². The molecular formula is C6H6ClFN2O. The van der Waals surface area contributed by atoms with Gasteiger partial charge in [-0.15, -0.1) is 0 Å². The van der Waals surface area contributed by atoms with Crippen molar-refractivity contribution in [1.82, 2.24) is 4.68 Å². The van der Waals surface area contributed by atoms with E-state index in [2.05, 4.69) is 5.43 Å². The summed E-state index contributed by atoms with van der Waals surface area (Å²) < 4.78 is 13.3. The average molecular weight is 177 g/mol. The van der Waals surface area contributed by atoms with E-state index in [1.165, 1.54) is 4.68 Å². The van der Waals surface area contributed by atoms with E-state index in [0.717, 1.165) is 0 Å². The van der Waals surface area contributed by atoms with Gasteiger partial charge in [0.25, 0.3) is 11.5 Å². The summed E-state index contributed by atoms with van der Waals surface area (Å²) in [6.45, 7) is 0. The summed E-state index contributed by atoms with van der Waals surface area (Å²) in [6.07, 6.45) is 3.13. The molecule has 0 saturated heterocycles. The number of alkyl halides is 2. The van der Waals surface area contributed by atoms with Crippen molar-refractivity contribution in [2.45, 2.75) is 5.63 Å². The maximum absolute atomic E-state index is 12.0. The second-order valence-corrected chi connectivity index (χ2v) is 2.25. The predicted molar refractivity (Wildman–Crippen MR) is 39.5 cm³/mol. The number of carbonyl (C=O) groups is 1. The van der Waals surface area contributed by atoms with Crippen LogP contribution in [0.3, 0.4) is 0 Å². The van der Waals surface area contributed by atoms with Crippen LogP contribution in [0.1, 0.15) is 0 Å². The van der Waals surface area contributed by atoms with Gasteiger partial charge in [-0.2, -0.15) is 0 Å². The van der Waals surface area contributed by atoms with Gasteiger partial charge in [0.1, 0.15) is 0 Å². The summed E-state index contributed by atoms with van der Waals surface area (Å²) in [6, 6.07) is 3.39. The molecule has 0 aliphatic carbocycles. The molecule has 0 aromatic carbocycles. The van der Waals surface area contributed by atoms with Gasteiger partial charge in [0.05, 0.1) is 0 Å². The molecule has 1 N–H and O–H groups in total. The van der Waals surface area contributed by atoms with Crippen LogP contribution in [0.2, 0.25) is 0 Å². The van der Waals surface area contributed by atoms with Gasteiger partial charge in [0, 0.05) is 12.4 Å². The van der Waals surface area contributed by atoms with Crippen molar-refractivity contribution < 1.29 is 9.18 Å². The zero-order valence-electron chi connectivity index (χ0n) is 5.50. The van der Waals surface area contributed by atoms with Gasteiger partial charge >= 0.3 is 0 Å². The molecule has 1 atom stereocenters. The van der Waals surface area contributed by atoms with Gasteiger partial charge < -0.3 is 0 Å². The zero-order chi connectivity index (χ0) is 8.27. The van der Waals surface area contributed by atoms with Gasteiger partial charge in [-0.3, -0.25) is 14.9 Å². The summed E-state index contributed by atoms with van der Waals surface area (Å²) in [5.74, 6) is -0.872. The Morgan fingerprint density at radius 3 is 2.55 bits per heavy atom. The molecule has 0 fully saturated rings. The largest absolute Gasteiger partial charge is 0.288 e. The number of nitrogens with one attached hydrogen (secondary N) is 1. The zero-order valence-corrected chi connectivity index (χ0v) is 6.25. The summed E-state index contributed by atoms with van der Waals surface area (Å²) in [7, 11) is 0. The minimum Gasteiger partial charge on any atom is -0.268 e. The molecular weight excluding hydrogens is 171 g/mol. The monoisotopic (exact) mass is 176 g/mol. The fraction of sp³-hybridized carbons (Fsp3) is 0.167. The lowest BCUT2D eigenvalue weighted by molar-refractivity contribution is -0.119. The standard InChI is InChI=1S/C6H6ClFN2O/c7-5(8)6(11)9-10-3-1-2-4-10/h1-5H,(H,9,11). The summed E-state index contributed by atoms with van der Waals surface area (Å²) in [5.41, 5.74) is 0.190. The Kier molecular flexibility index (Phi) is 2.48. The maximum Gasteiger partial charge on any atom is 0.288 e. The smallest absolute Gasteiger partial charge is 0.268 e. The van der Waals surface area contributed by atoms with Crippen molar-refractivity contribution in [3.05, 3.63) is 24.5 Å². The number of halogens is 2. The summed E-state index contributed by atoms with van der Waals surface area (Å²) >= 11 is 4.85. The van der Waals surface area contributed by atoms with Crippen LogP contribution in [0.4, 0.5) is 4.39 Å².